The van der Waals surface area contributed by atoms with E-state index in [-0.39, 0.29) is 6.04 Å². The molecule has 0 aromatic heterocycles. The standard InChI is InChI=1S/C16H15F2N/c1-9-2-5-13(16(18)15(9)17)11-3-6-12-10(8-11)4-7-14(12)19/h2-3,5-6,8,14H,4,7,19H2,1H3. The number of halogens is 2. The molecule has 0 spiro atoms. The molecule has 0 bridgehead atoms. The average Bonchev–Trinajstić information content (AvgIpc) is 2.77. The van der Waals surface area contributed by atoms with Crippen LogP contribution in [0.3, 0.4) is 0 Å². The van der Waals surface area contributed by atoms with Crippen LogP contribution in [0.2, 0.25) is 0 Å². The van der Waals surface area contributed by atoms with Crippen molar-refractivity contribution in [3.05, 3.63) is 58.7 Å². The third-order valence-electron chi connectivity index (χ3n) is 3.85. The summed E-state index contributed by atoms with van der Waals surface area (Å²) in [4.78, 5) is 0. The van der Waals surface area contributed by atoms with Gasteiger partial charge < -0.3 is 5.73 Å². The van der Waals surface area contributed by atoms with Gasteiger partial charge in [-0.2, -0.15) is 0 Å². The zero-order valence-electron chi connectivity index (χ0n) is 10.7. The van der Waals surface area contributed by atoms with Crippen molar-refractivity contribution in [2.75, 3.05) is 0 Å². The summed E-state index contributed by atoms with van der Waals surface area (Å²) < 4.78 is 27.6. The molecular formula is C16H15F2N. The first-order valence-corrected chi connectivity index (χ1v) is 6.41. The predicted octanol–water partition coefficient (Wildman–Crippen LogP) is 3.89. The first kappa shape index (κ1) is 12.3. The van der Waals surface area contributed by atoms with Gasteiger partial charge in [0.25, 0.3) is 0 Å². The fraction of sp³-hybridized carbons (Fsp3) is 0.250. The summed E-state index contributed by atoms with van der Waals surface area (Å²) in [7, 11) is 0. The highest BCUT2D eigenvalue weighted by Gasteiger charge is 2.20. The molecule has 2 aromatic carbocycles. The van der Waals surface area contributed by atoms with E-state index in [1.165, 1.54) is 0 Å². The van der Waals surface area contributed by atoms with E-state index in [1.807, 2.05) is 18.2 Å². The number of aryl methyl sites for hydroxylation is 2. The first-order chi connectivity index (χ1) is 9.08. The maximum absolute atomic E-state index is 14.0. The Morgan fingerprint density at radius 1 is 1.11 bits per heavy atom. The van der Waals surface area contributed by atoms with Crippen LogP contribution in [0.25, 0.3) is 11.1 Å². The molecule has 0 fully saturated rings. The molecule has 1 aliphatic carbocycles. The summed E-state index contributed by atoms with van der Waals surface area (Å²) in [5.74, 6) is -1.54. The molecule has 19 heavy (non-hydrogen) atoms. The van der Waals surface area contributed by atoms with Gasteiger partial charge in [0, 0.05) is 11.6 Å². The van der Waals surface area contributed by atoms with Gasteiger partial charge in [0.05, 0.1) is 0 Å². The lowest BCUT2D eigenvalue weighted by Crippen LogP contribution is -2.04. The van der Waals surface area contributed by atoms with Crippen molar-refractivity contribution in [1.82, 2.24) is 0 Å². The summed E-state index contributed by atoms with van der Waals surface area (Å²) in [6, 6.07) is 8.98. The highest BCUT2D eigenvalue weighted by Crippen LogP contribution is 2.34. The fourth-order valence-electron chi connectivity index (χ4n) is 2.69. The molecular weight excluding hydrogens is 244 g/mol. The molecule has 2 N–H and O–H groups in total. The molecule has 3 heteroatoms. The molecule has 1 aliphatic rings. The second kappa shape index (κ2) is 4.42. The molecule has 98 valence electrons. The quantitative estimate of drug-likeness (QED) is 0.826. The Morgan fingerprint density at radius 3 is 2.68 bits per heavy atom. The van der Waals surface area contributed by atoms with Crippen LogP contribution in [0, 0.1) is 18.6 Å². The van der Waals surface area contributed by atoms with Crippen LogP contribution in [0.5, 0.6) is 0 Å². The van der Waals surface area contributed by atoms with Crippen molar-refractivity contribution < 1.29 is 8.78 Å². The summed E-state index contributed by atoms with van der Waals surface area (Å²) in [5, 5.41) is 0. The number of hydrogen-bond acceptors (Lipinski definition) is 1. The monoisotopic (exact) mass is 259 g/mol. The molecule has 0 amide bonds. The van der Waals surface area contributed by atoms with E-state index in [0.29, 0.717) is 16.7 Å². The zero-order valence-corrected chi connectivity index (χ0v) is 10.7. The molecule has 1 atom stereocenters. The van der Waals surface area contributed by atoms with Gasteiger partial charge in [-0.05, 0) is 42.0 Å². The molecule has 1 nitrogen and oxygen atoms in total. The maximum atomic E-state index is 14.0. The van der Waals surface area contributed by atoms with Crippen molar-refractivity contribution >= 4 is 0 Å². The van der Waals surface area contributed by atoms with Gasteiger partial charge in [-0.25, -0.2) is 8.78 Å². The van der Waals surface area contributed by atoms with Crippen LogP contribution in [0.4, 0.5) is 8.78 Å². The van der Waals surface area contributed by atoms with Gasteiger partial charge in [0.1, 0.15) is 0 Å². The van der Waals surface area contributed by atoms with E-state index in [0.717, 1.165) is 24.0 Å². The van der Waals surface area contributed by atoms with E-state index in [9.17, 15) is 8.78 Å². The summed E-state index contributed by atoms with van der Waals surface area (Å²) in [6.07, 6.45) is 1.82. The van der Waals surface area contributed by atoms with Crippen molar-refractivity contribution in [3.63, 3.8) is 0 Å². The van der Waals surface area contributed by atoms with Gasteiger partial charge in [-0.1, -0.05) is 30.3 Å². The van der Waals surface area contributed by atoms with E-state index < -0.39 is 11.6 Å². The maximum Gasteiger partial charge on any atom is 0.166 e. The number of rotatable bonds is 1. The number of fused-ring (bicyclic) bond motifs is 1. The average molecular weight is 259 g/mol. The third-order valence-corrected chi connectivity index (χ3v) is 3.85. The van der Waals surface area contributed by atoms with Crippen molar-refractivity contribution in [1.29, 1.82) is 0 Å². The summed E-state index contributed by atoms with van der Waals surface area (Å²) >= 11 is 0. The lowest BCUT2D eigenvalue weighted by molar-refractivity contribution is 0.505. The van der Waals surface area contributed by atoms with E-state index in [2.05, 4.69) is 0 Å². The SMILES string of the molecule is Cc1ccc(-c2ccc3c(c2)CCC3N)c(F)c1F. The highest BCUT2D eigenvalue weighted by atomic mass is 19.2. The molecule has 0 radical (unpaired) electrons. The lowest BCUT2D eigenvalue weighted by atomic mass is 9.98. The Morgan fingerprint density at radius 2 is 1.89 bits per heavy atom. The topological polar surface area (TPSA) is 26.0 Å². The Bertz CT molecular complexity index is 649. The van der Waals surface area contributed by atoms with Crippen LogP contribution < -0.4 is 5.73 Å². The Labute approximate surface area is 111 Å². The minimum absolute atomic E-state index is 0.0728. The van der Waals surface area contributed by atoms with E-state index in [1.54, 1.807) is 19.1 Å². The van der Waals surface area contributed by atoms with Crippen LogP contribution in [0.15, 0.2) is 30.3 Å². The summed E-state index contributed by atoms with van der Waals surface area (Å²) in [6.45, 7) is 1.56. The van der Waals surface area contributed by atoms with Gasteiger partial charge in [0.15, 0.2) is 11.6 Å². The Balaban J connectivity index is 2.11. The second-order valence-corrected chi connectivity index (χ2v) is 5.12. The van der Waals surface area contributed by atoms with E-state index >= 15 is 0 Å². The molecule has 0 saturated carbocycles. The number of hydrogen-bond donors (Lipinski definition) is 1. The zero-order chi connectivity index (χ0) is 13.6. The molecule has 3 rings (SSSR count). The van der Waals surface area contributed by atoms with Gasteiger partial charge in [-0.15, -0.1) is 0 Å². The Kier molecular flexibility index (Phi) is 2.86. The van der Waals surface area contributed by atoms with Gasteiger partial charge >= 0.3 is 0 Å². The number of nitrogens with two attached hydrogens (primary N) is 1. The molecule has 0 heterocycles. The predicted molar refractivity (Wildman–Crippen MR) is 71.8 cm³/mol. The highest BCUT2D eigenvalue weighted by molar-refractivity contribution is 5.66. The molecule has 2 aromatic rings. The third kappa shape index (κ3) is 1.94. The van der Waals surface area contributed by atoms with Gasteiger partial charge in [0.2, 0.25) is 0 Å². The van der Waals surface area contributed by atoms with Crippen LogP contribution in [-0.4, -0.2) is 0 Å². The number of benzene rings is 2. The van der Waals surface area contributed by atoms with Crippen LogP contribution in [-0.2, 0) is 6.42 Å². The largest absolute Gasteiger partial charge is 0.324 e. The van der Waals surface area contributed by atoms with Crippen LogP contribution in [0.1, 0.15) is 29.2 Å². The molecule has 0 aliphatic heterocycles. The molecule has 1 unspecified atom stereocenters. The second-order valence-electron chi connectivity index (χ2n) is 5.12. The van der Waals surface area contributed by atoms with Crippen molar-refractivity contribution in [2.45, 2.75) is 25.8 Å². The lowest BCUT2D eigenvalue weighted by Gasteiger charge is -2.09. The minimum Gasteiger partial charge on any atom is -0.324 e. The molecule has 0 saturated heterocycles. The first-order valence-electron chi connectivity index (χ1n) is 6.41. The van der Waals surface area contributed by atoms with E-state index in [4.69, 9.17) is 5.73 Å². The van der Waals surface area contributed by atoms with Gasteiger partial charge in [-0.3, -0.25) is 0 Å². The summed E-state index contributed by atoms with van der Waals surface area (Å²) in [5.41, 5.74) is 9.59. The van der Waals surface area contributed by atoms with Crippen LogP contribution >= 0.6 is 0 Å². The fourth-order valence-corrected chi connectivity index (χ4v) is 2.69. The van der Waals surface area contributed by atoms with Crippen molar-refractivity contribution in [3.8, 4) is 11.1 Å². The smallest absolute Gasteiger partial charge is 0.166 e. The van der Waals surface area contributed by atoms with Crippen molar-refractivity contribution in [2.24, 2.45) is 5.73 Å². The Hall–Kier alpha value is -1.74. The minimum atomic E-state index is -0.776. The normalized spacial score (nSPS) is 17.6.